The molecule has 4 aliphatic rings. The van der Waals surface area contributed by atoms with Gasteiger partial charge in [-0.15, -0.1) is 10.2 Å². The summed E-state index contributed by atoms with van der Waals surface area (Å²) in [5.74, 6) is 3.79. The van der Waals surface area contributed by atoms with Gasteiger partial charge in [-0.1, -0.05) is 30.0 Å². The second-order valence-electron chi connectivity index (χ2n) is 10.6. The van der Waals surface area contributed by atoms with Gasteiger partial charge in [0.15, 0.2) is 11.0 Å². The molecule has 3 aromatic rings. The van der Waals surface area contributed by atoms with Gasteiger partial charge in [0.05, 0.1) is 5.75 Å². The Hall–Kier alpha value is -2.67. The van der Waals surface area contributed by atoms with Gasteiger partial charge in [0, 0.05) is 29.7 Å². The Morgan fingerprint density at radius 1 is 1.06 bits per heavy atom. The first-order chi connectivity index (χ1) is 16.6. The van der Waals surface area contributed by atoms with E-state index < -0.39 is 0 Å². The Morgan fingerprint density at radius 3 is 2.41 bits per heavy atom. The number of nitrogens with one attached hydrogen (secondary N) is 1. The molecule has 2 heterocycles. The summed E-state index contributed by atoms with van der Waals surface area (Å²) in [5, 5.41) is 13.0. The molecule has 1 amide bonds. The number of amides is 1. The lowest BCUT2D eigenvalue weighted by molar-refractivity contribution is -0.123. The molecule has 0 aliphatic heterocycles. The zero-order valence-electron chi connectivity index (χ0n) is 19.6. The topological polar surface area (TPSA) is 72.7 Å². The molecular weight excluding hydrogens is 442 g/mol. The molecule has 4 aliphatic carbocycles. The second-order valence-corrected chi connectivity index (χ2v) is 11.5. The van der Waals surface area contributed by atoms with E-state index in [9.17, 15) is 4.79 Å². The van der Waals surface area contributed by atoms with Crippen LogP contribution in [0.3, 0.4) is 0 Å². The number of para-hydroxylation sites is 1. The summed E-state index contributed by atoms with van der Waals surface area (Å²) in [6.45, 7) is 2.24. The molecule has 1 aromatic carbocycles. The van der Waals surface area contributed by atoms with Gasteiger partial charge in [0.2, 0.25) is 5.91 Å². The first-order valence-electron chi connectivity index (χ1n) is 12.4. The van der Waals surface area contributed by atoms with Crippen molar-refractivity contribution in [3.05, 3.63) is 54.9 Å². The van der Waals surface area contributed by atoms with E-state index in [2.05, 4.69) is 27.4 Å². The molecule has 2 aromatic heterocycles. The molecule has 6 nitrogen and oxygen atoms in total. The van der Waals surface area contributed by atoms with E-state index in [1.807, 2.05) is 47.0 Å². The minimum absolute atomic E-state index is 0.0822. The van der Waals surface area contributed by atoms with Gasteiger partial charge < -0.3 is 5.32 Å². The molecule has 7 rings (SSSR count). The van der Waals surface area contributed by atoms with Gasteiger partial charge in [-0.3, -0.25) is 14.3 Å². The van der Waals surface area contributed by atoms with Crippen LogP contribution in [0.2, 0.25) is 0 Å². The number of nitrogens with zero attached hydrogens (tertiary/aromatic N) is 4. The highest BCUT2D eigenvalue weighted by molar-refractivity contribution is 7.99. The molecule has 0 radical (unpaired) electrons. The first kappa shape index (κ1) is 21.8. The van der Waals surface area contributed by atoms with Crippen molar-refractivity contribution in [2.45, 2.75) is 56.6 Å². The largest absolute Gasteiger partial charge is 0.352 e. The maximum Gasteiger partial charge on any atom is 0.230 e. The molecule has 1 N–H and O–H groups in total. The van der Waals surface area contributed by atoms with E-state index in [4.69, 9.17) is 0 Å². The van der Waals surface area contributed by atoms with Crippen LogP contribution in [0.1, 0.15) is 45.4 Å². The third-order valence-corrected chi connectivity index (χ3v) is 9.21. The van der Waals surface area contributed by atoms with Crippen LogP contribution in [-0.2, 0) is 4.79 Å². The van der Waals surface area contributed by atoms with Gasteiger partial charge in [-0.2, -0.15) is 0 Å². The number of benzene rings is 1. The SMILES string of the molecule is CC(NC(=O)CSc1nnc(-c2cccnc2)n1-c1ccccc1)C12CC3CC(CC(C3)C1)C2. The fourth-order valence-electron chi connectivity index (χ4n) is 7.13. The summed E-state index contributed by atoms with van der Waals surface area (Å²) < 4.78 is 2.01. The van der Waals surface area contributed by atoms with Crippen molar-refractivity contribution in [3.8, 4) is 17.1 Å². The first-order valence-corrected chi connectivity index (χ1v) is 13.4. The molecule has 7 heteroatoms. The van der Waals surface area contributed by atoms with Gasteiger partial charge in [0.1, 0.15) is 0 Å². The smallest absolute Gasteiger partial charge is 0.230 e. The summed E-state index contributed by atoms with van der Waals surface area (Å²) in [5.41, 5.74) is 2.17. The van der Waals surface area contributed by atoms with E-state index in [-0.39, 0.29) is 11.9 Å². The Bertz CT molecular complexity index is 1130. The summed E-state index contributed by atoms with van der Waals surface area (Å²) in [6.07, 6.45) is 11.7. The van der Waals surface area contributed by atoms with E-state index in [1.54, 1.807) is 12.4 Å². The second kappa shape index (κ2) is 8.84. The van der Waals surface area contributed by atoms with Crippen molar-refractivity contribution in [3.63, 3.8) is 0 Å². The number of hydrogen-bond donors (Lipinski definition) is 1. The zero-order chi connectivity index (χ0) is 23.1. The third kappa shape index (κ3) is 4.04. The van der Waals surface area contributed by atoms with Gasteiger partial charge >= 0.3 is 0 Å². The Morgan fingerprint density at radius 2 is 1.76 bits per heavy atom. The Kier molecular flexibility index (Phi) is 5.68. The highest BCUT2D eigenvalue weighted by Gasteiger charge is 2.53. The average molecular weight is 474 g/mol. The number of thioether (sulfide) groups is 1. The molecule has 4 saturated carbocycles. The third-order valence-electron chi connectivity index (χ3n) is 8.28. The van der Waals surface area contributed by atoms with Crippen LogP contribution in [0.25, 0.3) is 17.1 Å². The monoisotopic (exact) mass is 473 g/mol. The Labute approximate surface area is 205 Å². The summed E-state index contributed by atoms with van der Waals surface area (Å²) in [6, 6.07) is 14.1. The predicted molar refractivity (Wildman–Crippen MR) is 134 cm³/mol. The van der Waals surface area contributed by atoms with Crippen LogP contribution in [-0.4, -0.2) is 37.5 Å². The summed E-state index contributed by atoms with van der Waals surface area (Å²) >= 11 is 1.44. The van der Waals surface area contributed by atoms with Crippen molar-refractivity contribution in [2.75, 3.05) is 5.75 Å². The molecule has 0 saturated heterocycles. The molecule has 34 heavy (non-hydrogen) atoms. The van der Waals surface area contributed by atoms with Crippen LogP contribution in [0.4, 0.5) is 0 Å². The van der Waals surface area contributed by atoms with Crippen molar-refractivity contribution in [1.29, 1.82) is 0 Å². The maximum absolute atomic E-state index is 13.0. The molecule has 1 unspecified atom stereocenters. The number of aromatic nitrogens is 4. The highest BCUT2D eigenvalue weighted by atomic mass is 32.2. The van der Waals surface area contributed by atoms with E-state index in [0.717, 1.165) is 34.8 Å². The van der Waals surface area contributed by atoms with Crippen LogP contribution >= 0.6 is 11.8 Å². The lowest BCUT2D eigenvalue weighted by Crippen LogP contribution is -2.56. The van der Waals surface area contributed by atoms with E-state index in [1.165, 1.54) is 50.3 Å². The Balaban J connectivity index is 1.17. The van der Waals surface area contributed by atoms with Gasteiger partial charge in [-0.05, 0) is 92.9 Å². The van der Waals surface area contributed by atoms with Gasteiger partial charge in [0.25, 0.3) is 0 Å². The predicted octanol–water partition coefficient (Wildman–Crippen LogP) is 5.14. The molecule has 4 fully saturated rings. The highest BCUT2D eigenvalue weighted by Crippen LogP contribution is 2.61. The minimum atomic E-state index is 0.0822. The van der Waals surface area contributed by atoms with Crippen LogP contribution < -0.4 is 5.32 Å². The number of hydrogen-bond acceptors (Lipinski definition) is 5. The minimum Gasteiger partial charge on any atom is -0.352 e. The average Bonchev–Trinajstić information content (AvgIpc) is 3.27. The lowest BCUT2D eigenvalue weighted by Gasteiger charge is -2.59. The standard InChI is InChI=1S/C27H31N5OS/c1-18(27-13-19-10-20(14-27)12-21(11-19)15-27)29-24(33)17-34-26-31-30-25(22-6-5-9-28-16-22)32(26)23-7-3-2-4-8-23/h2-9,16,18-21H,10-15,17H2,1H3,(H,29,33). The van der Waals surface area contributed by atoms with E-state index >= 15 is 0 Å². The van der Waals surface area contributed by atoms with Gasteiger partial charge in [-0.25, -0.2) is 0 Å². The molecule has 0 spiro atoms. The zero-order valence-corrected chi connectivity index (χ0v) is 20.4. The summed E-state index contributed by atoms with van der Waals surface area (Å²) in [4.78, 5) is 17.3. The lowest BCUT2D eigenvalue weighted by atomic mass is 9.48. The van der Waals surface area contributed by atoms with Crippen molar-refractivity contribution in [2.24, 2.45) is 23.2 Å². The number of pyridine rings is 1. The maximum atomic E-state index is 13.0. The van der Waals surface area contributed by atoms with Crippen molar-refractivity contribution >= 4 is 17.7 Å². The van der Waals surface area contributed by atoms with Crippen molar-refractivity contribution in [1.82, 2.24) is 25.1 Å². The molecule has 1 atom stereocenters. The molecule has 176 valence electrons. The van der Waals surface area contributed by atoms with Crippen LogP contribution in [0.5, 0.6) is 0 Å². The quantitative estimate of drug-likeness (QED) is 0.481. The van der Waals surface area contributed by atoms with Crippen molar-refractivity contribution < 1.29 is 4.79 Å². The number of carbonyl (C=O) groups is 1. The molecule has 4 bridgehead atoms. The number of carbonyl (C=O) groups excluding carboxylic acids is 1. The fraction of sp³-hybridized carbons (Fsp3) is 0.481. The fourth-order valence-corrected chi connectivity index (χ4v) is 7.89. The van der Waals surface area contributed by atoms with Crippen LogP contribution in [0.15, 0.2) is 60.0 Å². The summed E-state index contributed by atoms with van der Waals surface area (Å²) in [7, 11) is 0. The number of rotatable bonds is 7. The van der Waals surface area contributed by atoms with Crippen LogP contribution in [0, 0.1) is 23.2 Å². The van der Waals surface area contributed by atoms with E-state index in [0.29, 0.717) is 16.3 Å². The molecular formula is C27H31N5OS. The normalized spacial score (nSPS) is 28.1.